The van der Waals surface area contributed by atoms with E-state index in [9.17, 15) is 32.3 Å². The number of imidazole rings is 1. The number of hydrogen-bond acceptors (Lipinski definition) is 10. The zero-order valence-corrected chi connectivity index (χ0v) is 35.1. The molecule has 15 nitrogen and oxygen atoms in total. The second kappa shape index (κ2) is 16.3. The molecule has 2 atom stereocenters. The van der Waals surface area contributed by atoms with E-state index in [1.54, 1.807) is 28.4 Å². The van der Waals surface area contributed by atoms with E-state index < -0.39 is 29.7 Å². The molecule has 2 unspecified atom stereocenters. The summed E-state index contributed by atoms with van der Waals surface area (Å²) in [6, 6.07) is 10.5. The van der Waals surface area contributed by atoms with Crippen LogP contribution >= 0.6 is 0 Å². The van der Waals surface area contributed by atoms with Gasteiger partial charge in [-0.05, 0) is 112 Å². The number of hydrogen-bond donors (Lipinski definition) is 2. The largest absolute Gasteiger partial charge is 0.433 e. The number of carbonyl (C=O) groups excluding carboxylic acids is 3. The van der Waals surface area contributed by atoms with Gasteiger partial charge in [-0.3, -0.25) is 38.4 Å². The number of benzene rings is 1. The number of ether oxygens (including phenoxy) is 1. The Bertz CT molecular complexity index is 2630. The minimum Gasteiger partial charge on any atom is -0.372 e. The van der Waals surface area contributed by atoms with Gasteiger partial charge in [0.2, 0.25) is 11.8 Å². The summed E-state index contributed by atoms with van der Waals surface area (Å²) in [6.45, 7) is 6.81. The molecule has 1 saturated carbocycles. The van der Waals surface area contributed by atoms with Gasteiger partial charge in [0.05, 0.1) is 35.5 Å². The highest BCUT2D eigenvalue weighted by molar-refractivity contribution is 6.03. The number of anilines is 1. The Kier molecular flexibility index (Phi) is 10.7. The minimum atomic E-state index is -4.65. The molecule has 3 amide bonds. The van der Waals surface area contributed by atoms with Gasteiger partial charge in [0.25, 0.3) is 5.91 Å². The molecule has 1 spiro atoms. The van der Waals surface area contributed by atoms with Crippen LogP contribution in [0.5, 0.6) is 0 Å². The van der Waals surface area contributed by atoms with Crippen molar-refractivity contribution in [1.29, 1.82) is 0 Å². The number of nitrogens with zero attached hydrogens (tertiary/aromatic N) is 8. The van der Waals surface area contributed by atoms with Crippen LogP contribution in [0.1, 0.15) is 97.5 Å². The van der Waals surface area contributed by atoms with Crippen LogP contribution in [-0.4, -0.2) is 108 Å². The molecular formula is C45H51F3N10O5. The lowest BCUT2D eigenvalue weighted by Crippen LogP contribution is -2.62. The maximum absolute atomic E-state index is 13.5. The first-order chi connectivity index (χ1) is 30.3. The number of pyridine rings is 2. The highest BCUT2D eigenvalue weighted by atomic mass is 19.4. The monoisotopic (exact) mass is 868 g/mol. The predicted molar refractivity (Wildman–Crippen MR) is 226 cm³/mol. The lowest BCUT2D eigenvalue weighted by atomic mass is 9.82. The fraction of sp³-hybridized carbons (Fsp3) is 0.533. The first kappa shape index (κ1) is 41.5. The van der Waals surface area contributed by atoms with Gasteiger partial charge in [0, 0.05) is 51.2 Å². The number of para-hydroxylation sites is 1. The average molecular weight is 869 g/mol. The lowest BCUT2D eigenvalue weighted by Gasteiger charge is -2.49. The van der Waals surface area contributed by atoms with Crippen LogP contribution in [0.3, 0.4) is 0 Å². The number of rotatable bonds is 9. The van der Waals surface area contributed by atoms with Gasteiger partial charge in [-0.25, -0.2) is 14.8 Å². The Morgan fingerprint density at radius 3 is 2.48 bits per heavy atom. The SMILES string of the molecule is Cn1c(=O)n(C2CCC(=O)NC2=O)c2cccc(C3CCN(CC4COC5(C4)CN(CC4CCC(n6cc7cc(NC(=O)c8cccc(C(F)(F)F)n8)ncc7n6)CC4)C5)CC3)c21. The van der Waals surface area contributed by atoms with Gasteiger partial charge < -0.3 is 15.0 Å². The van der Waals surface area contributed by atoms with E-state index in [1.165, 1.54) is 6.07 Å². The Hall–Kier alpha value is -5.46. The van der Waals surface area contributed by atoms with Crippen LogP contribution in [0, 0.1) is 11.8 Å². The molecule has 332 valence electrons. The van der Waals surface area contributed by atoms with Gasteiger partial charge in [0.15, 0.2) is 0 Å². The number of halogens is 3. The molecule has 5 fully saturated rings. The lowest BCUT2D eigenvalue weighted by molar-refractivity contribution is -0.141. The van der Waals surface area contributed by atoms with Crippen LogP contribution in [0.25, 0.3) is 21.9 Å². The number of aryl methyl sites for hydroxylation is 1. The summed E-state index contributed by atoms with van der Waals surface area (Å²) in [5.41, 5.74) is 1.71. The van der Waals surface area contributed by atoms with E-state index in [1.807, 2.05) is 23.0 Å². The predicted octanol–water partition coefficient (Wildman–Crippen LogP) is 5.43. The first-order valence-electron chi connectivity index (χ1n) is 22.1. The van der Waals surface area contributed by atoms with Crippen molar-refractivity contribution in [2.24, 2.45) is 18.9 Å². The topological polar surface area (TPSA) is 162 Å². The normalized spacial score (nSPS) is 24.9. The van der Waals surface area contributed by atoms with Crippen molar-refractivity contribution in [1.82, 2.24) is 44.0 Å². The van der Waals surface area contributed by atoms with Crippen molar-refractivity contribution in [2.45, 2.75) is 87.6 Å². The van der Waals surface area contributed by atoms with Crippen LogP contribution in [0.2, 0.25) is 0 Å². The van der Waals surface area contributed by atoms with E-state index in [0.717, 1.165) is 125 Å². The average Bonchev–Trinajstić information content (AvgIpc) is 3.95. The number of alkyl halides is 3. The molecule has 5 aliphatic rings. The Balaban J connectivity index is 0.671. The fourth-order valence-corrected chi connectivity index (χ4v) is 11.1. The summed E-state index contributed by atoms with van der Waals surface area (Å²) >= 11 is 0. The number of fused-ring (bicyclic) bond motifs is 2. The van der Waals surface area contributed by atoms with Crippen LogP contribution in [0.15, 0.2) is 59.7 Å². The van der Waals surface area contributed by atoms with Crippen molar-refractivity contribution in [3.8, 4) is 0 Å². The highest BCUT2D eigenvalue weighted by Crippen LogP contribution is 2.42. The van der Waals surface area contributed by atoms with Gasteiger partial charge >= 0.3 is 11.9 Å². The van der Waals surface area contributed by atoms with Crippen molar-refractivity contribution in [3.63, 3.8) is 0 Å². The number of imide groups is 1. The number of aromatic nitrogens is 6. The molecule has 5 aromatic rings. The molecule has 0 radical (unpaired) electrons. The molecule has 4 aromatic heterocycles. The summed E-state index contributed by atoms with van der Waals surface area (Å²) in [4.78, 5) is 63.5. The number of amides is 3. The van der Waals surface area contributed by atoms with Gasteiger partial charge in [-0.1, -0.05) is 18.2 Å². The molecule has 63 heavy (non-hydrogen) atoms. The van der Waals surface area contributed by atoms with Crippen LogP contribution in [-0.2, 0) is 27.5 Å². The number of piperidine rings is 2. The second-order valence-electron chi connectivity index (χ2n) is 18.5. The molecule has 0 bridgehead atoms. The number of nitrogens with one attached hydrogen (secondary N) is 2. The Morgan fingerprint density at radius 1 is 0.952 bits per heavy atom. The van der Waals surface area contributed by atoms with Gasteiger partial charge in [-0.15, -0.1) is 0 Å². The molecule has 8 heterocycles. The van der Waals surface area contributed by atoms with Crippen molar-refractivity contribution >= 4 is 45.5 Å². The summed E-state index contributed by atoms with van der Waals surface area (Å²) in [7, 11) is 1.78. The summed E-state index contributed by atoms with van der Waals surface area (Å²) < 4.78 is 51.0. The van der Waals surface area contributed by atoms with E-state index in [0.29, 0.717) is 29.7 Å². The quantitative estimate of drug-likeness (QED) is 0.183. The maximum atomic E-state index is 13.5. The summed E-state index contributed by atoms with van der Waals surface area (Å²) in [6.07, 6.45) is 6.69. The molecule has 1 aliphatic carbocycles. The molecule has 4 saturated heterocycles. The summed E-state index contributed by atoms with van der Waals surface area (Å²) in [5, 5.41) is 10.5. The maximum Gasteiger partial charge on any atom is 0.433 e. The minimum absolute atomic E-state index is 0.0402. The molecule has 4 aliphatic heterocycles. The Morgan fingerprint density at radius 2 is 1.71 bits per heavy atom. The van der Waals surface area contributed by atoms with Gasteiger partial charge in [-0.2, -0.15) is 18.3 Å². The fourth-order valence-electron chi connectivity index (χ4n) is 11.1. The number of likely N-dealkylation sites (tertiary alicyclic amines) is 2. The zero-order valence-electron chi connectivity index (χ0n) is 35.1. The first-order valence-corrected chi connectivity index (χ1v) is 22.1. The van der Waals surface area contributed by atoms with E-state index in [2.05, 4.69) is 36.5 Å². The van der Waals surface area contributed by atoms with E-state index in [4.69, 9.17) is 9.84 Å². The smallest absolute Gasteiger partial charge is 0.372 e. The molecule has 10 rings (SSSR count). The van der Waals surface area contributed by atoms with E-state index >= 15 is 0 Å². The van der Waals surface area contributed by atoms with Crippen molar-refractivity contribution < 1.29 is 32.3 Å². The third-order valence-electron chi connectivity index (χ3n) is 14.1. The van der Waals surface area contributed by atoms with Crippen molar-refractivity contribution in [2.75, 3.05) is 51.2 Å². The Labute approximate surface area is 361 Å². The third kappa shape index (κ3) is 8.16. The van der Waals surface area contributed by atoms with Gasteiger partial charge in [0.1, 0.15) is 28.8 Å². The van der Waals surface area contributed by atoms with E-state index in [-0.39, 0.29) is 41.2 Å². The van der Waals surface area contributed by atoms with Crippen molar-refractivity contribution in [3.05, 3.63) is 82.3 Å². The van der Waals surface area contributed by atoms with Crippen LogP contribution in [0.4, 0.5) is 19.0 Å². The standard InChI is InChI=1S/C45H51F3N10O5/c1-54-40-32(4-2-6-35(40)58(43(54)62)36-12-13-39(59)52-42(36)61)29-14-16-55(17-15-29)22-28-19-44(63-24-28)25-56(26-44)21-27-8-10-31(11-9-27)57-23-30-18-38(49-20-34(30)53-57)51-41(60)33-5-3-7-37(50-33)45(46,47)48/h2-7,18,20,23,27-29,31,36H,8-17,19,21-22,24-26H2,1H3,(H,51,60)(H,52,59,61). The van der Waals surface area contributed by atoms with Crippen LogP contribution < -0.4 is 16.3 Å². The zero-order chi connectivity index (χ0) is 43.6. The second-order valence-corrected chi connectivity index (χ2v) is 18.5. The summed E-state index contributed by atoms with van der Waals surface area (Å²) in [5.74, 6) is 0.149. The number of carbonyl (C=O) groups is 3. The molecule has 18 heteroatoms. The molecule has 2 N–H and O–H groups in total. The molecular weight excluding hydrogens is 818 g/mol. The molecule has 1 aromatic carbocycles. The third-order valence-corrected chi connectivity index (χ3v) is 14.1. The highest BCUT2D eigenvalue weighted by Gasteiger charge is 2.50.